The van der Waals surface area contributed by atoms with Crippen molar-refractivity contribution in [1.82, 2.24) is 19.4 Å². The second-order valence-electron chi connectivity index (χ2n) is 8.05. The van der Waals surface area contributed by atoms with Crippen LogP contribution >= 0.6 is 0 Å². The molecule has 1 aromatic heterocycles. The van der Waals surface area contributed by atoms with Crippen LogP contribution in [0.5, 0.6) is 5.75 Å². The second-order valence-corrected chi connectivity index (χ2v) is 8.05. The summed E-state index contributed by atoms with van der Waals surface area (Å²) in [5.74, 6) is 2.43. The van der Waals surface area contributed by atoms with Gasteiger partial charge in [0.25, 0.3) is 5.91 Å². The molecule has 4 fully saturated rings. The first-order valence-electron chi connectivity index (χ1n) is 9.83. The highest BCUT2D eigenvalue weighted by molar-refractivity contribution is 5.91. The maximum absolute atomic E-state index is 13.3. The van der Waals surface area contributed by atoms with E-state index >= 15 is 0 Å². The van der Waals surface area contributed by atoms with Gasteiger partial charge in [0.2, 0.25) is 0 Å². The second kappa shape index (κ2) is 6.37. The van der Waals surface area contributed by atoms with Crippen molar-refractivity contribution in [3.63, 3.8) is 0 Å². The molecule has 0 aliphatic carbocycles. The van der Waals surface area contributed by atoms with Crippen LogP contribution in [0.4, 0.5) is 0 Å². The van der Waals surface area contributed by atoms with E-state index in [4.69, 9.17) is 4.74 Å². The molecule has 4 saturated heterocycles. The molecule has 1 aromatic carbocycles. The van der Waals surface area contributed by atoms with Gasteiger partial charge in [-0.2, -0.15) is 0 Å². The molecule has 4 aliphatic rings. The van der Waals surface area contributed by atoms with E-state index in [0.717, 1.165) is 25.4 Å². The number of carbonyl (C=O) groups is 1. The average molecular weight is 366 g/mol. The number of imidazole rings is 1. The van der Waals surface area contributed by atoms with Crippen molar-refractivity contribution < 1.29 is 9.53 Å². The van der Waals surface area contributed by atoms with E-state index in [1.807, 2.05) is 29.9 Å². The molecule has 3 atom stereocenters. The smallest absolute Gasteiger partial charge is 0.290 e. The Morgan fingerprint density at radius 3 is 2.52 bits per heavy atom. The first-order chi connectivity index (χ1) is 13.2. The Labute approximate surface area is 159 Å². The summed E-state index contributed by atoms with van der Waals surface area (Å²) < 4.78 is 7.16. The SMILES string of the molecule is COc1ccc([C@H]2CN(C(=O)c3nccn3C)[C@H]3C4CCN(CC4)[C@@H]23)cc1. The van der Waals surface area contributed by atoms with Crippen molar-refractivity contribution in [3.05, 3.63) is 48.0 Å². The van der Waals surface area contributed by atoms with Crippen molar-refractivity contribution in [3.8, 4) is 5.75 Å². The van der Waals surface area contributed by atoms with E-state index in [1.54, 1.807) is 13.3 Å². The molecule has 27 heavy (non-hydrogen) atoms. The van der Waals surface area contributed by atoms with Gasteiger partial charge in [-0.3, -0.25) is 9.69 Å². The third kappa shape index (κ3) is 2.57. The van der Waals surface area contributed by atoms with Gasteiger partial charge >= 0.3 is 0 Å². The molecule has 0 spiro atoms. The topological polar surface area (TPSA) is 50.6 Å². The summed E-state index contributed by atoms with van der Waals surface area (Å²) in [6.07, 6.45) is 5.94. The van der Waals surface area contributed by atoms with Gasteiger partial charge in [-0.1, -0.05) is 12.1 Å². The van der Waals surface area contributed by atoms with Gasteiger partial charge < -0.3 is 14.2 Å². The fourth-order valence-corrected chi connectivity index (χ4v) is 5.50. The Morgan fingerprint density at radius 2 is 1.89 bits per heavy atom. The van der Waals surface area contributed by atoms with Crippen molar-refractivity contribution in [2.75, 3.05) is 26.7 Å². The molecule has 6 rings (SSSR count). The van der Waals surface area contributed by atoms with Gasteiger partial charge in [0.15, 0.2) is 5.82 Å². The van der Waals surface area contributed by atoms with Crippen LogP contribution in [-0.2, 0) is 7.05 Å². The molecule has 2 bridgehead atoms. The van der Waals surface area contributed by atoms with Gasteiger partial charge in [-0.05, 0) is 49.5 Å². The number of hydrogen-bond acceptors (Lipinski definition) is 4. The number of rotatable bonds is 3. The summed E-state index contributed by atoms with van der Waals surface area (Å²) in [7, 11) is 3.59. The highest BCUT2D eigenvalue weighted by Gasteiger charge is 2.55. The van der Waals surface area contributed by atoms with E-state index in [2.05, 4.69) is 26.9 Å². The highest BCUT2D eigenvalue weighted by Crippen LogP contribution is 2.47. The zero-order valence-electron chi connectivity index (χ0n) is 15.9. The number of likely N-dealkylation sites (tertiary alicyclic amines) is 1. The Hall–Kier alpha value is -2.34. The summed E-state index contributed by atoms with van der Waals surface area (Å²) in [6.45, 7) is 3.08. The Morgan fingerprint density at radius 1 is 1.15 bits per heavy atom. The Balaban J connectivity index is 1.51. The summed E-state index contributed by atoms with van der Waals surface area (Å²) in [5, 5.41) is 0. The van der Waals surface area contributed by atoms with Crippen LogP contribution in [0.3, 0.4) is 0 Å². The first kappa shape index (κ1) is 16.8. The van der Waals surface area contributed by atoms with Crippen LogP contribution in [-0.4, -0.2) is 64.1 Å². The molecule has 6 heteroatoms. The third-order valence-electron chi connectivity index (χ3n) is 6.81. The number of hydrogen-bond donors (Lipinski definition) is 0. The predicted molar refractivity (Wildman–Crippen MR) is 102 cm³/mol. The van der Waals surface area contributed by atoms with Crippen LogP contribution in [0.2, 0.25) is 0 Å². The number of carbonyl (C=O) groups excluding carboxylic acids is 1. The van der Waals surface area contributed by atoms with Crippen LogP contribution in [0.15, 0.2) is 36.7 Å². The fourth-order valence-electron chi connectivity index (χ4n) is 5.50. The van der Waals surface area contributed by atoms with Gasteiger partial charge in [0.1, 0.15) is 5.75 Å². The summed E-state index contributed by atoms with van der Waals surface area (Å²) >= 11 is 0. The monoisotopic (exact) mass is 366 g/mol. The minimum Gasteiger partial charge on any atom is -0.497 e. The lowest BCUT2D eigenvalue weighted by atomic mass is 9.75. The van der Waals surface area contributed by atoms with E-state index in [0.29, 0.717) is 29.7 Å². The molecule has 4 aliphatic heterocycles. The maximum Gasteiger partial charge on any atom is 0.290 e. The molecule has 0 N–H and O–H groups in total. The van der Waals surface area contributed by atoms with E-state index in [9.17, 15) is 4.79 Å². The standard InChI is InChI=1S/C21H26N4O2/c1-23-12-9-22-20(23)21(26)25-13-17(14-3-5-16(27-2)6-4-14)19-18(25)15-7-10-24(19)11-8-15/h3-6,9,12,15,17-19H,7-8,10-11,13H2,1-2H3/t17-,18+,19+/m1/s1. The van der Waals surface area contributed by atoms with E-state index in [1.165, 1.54) is 18.4 Å². The van der Waals surface area contributed by atoms with Crippen molar-refractivity contribution in [2.24, 2.45) is 13.0 Å². The molecule has 5 heterocycles. The third-order valence-corrected chi connectivity index (χ3v) is 6.81. The maximum atomic E-state index is 13.3. The molecule has 0 radical (unpaired) electrons. The molecule has 0 saturated carbocycles. The lowest BCUT2D eigenvalue weighted by Crippen LogP contribution is -2.60. The number of nitrogens with zero attached hydrogens (tertiary/aromatic N) is 4. The quantitative estimate of drug-likeness (QED) is 0.835. The van der Waals surface area contributed by atoms with Gasteiger partial charge in [-0.15, -0.1) is 0 Å². The van der Waals surface area contributed by atoms with Crippen molar-refractivity contribution in [2.45, 2.75) is 30.8 Å². The predicted octanol–water partition coefficient (Wildman–Crippen LogP) is 2.13. The highest BCUT2D eigenvalue weighted by atomic mass is 16.5. The van der Waals surface area contributed by atoms with Crippen LogP contribution < -0.4 is 4.74 Å². The van der Waals surface area contributed by atoms with Crippen molar-refractivity contribution >= 4 is 5.91 Å². The molecule has 0 unspecified atom stereocenters. The summed E-state index contributed by atoms with van der Waals surface area (Å²) in [4.78, 5) is 22.4. The number of ether oxygens (including phenoxy) is 1. The number of methoxy groups -OCH3 is 1. The van der Waals surface area contributed by atoms with Crippen LogP contribution in [0.25, 0.3) is 0 Å². The van der Waals surface area contributed by atoms with Gasteiger partial charge in [0, 0.05) is 37.9 Å². The van der Waals surface area contributed by atoms with Gasteiger partial charge in [-0.25, -0.2) is 4.98 Å². The number of piperidine rings is 3. The number of fused-ring (bicyclic) bond motifs is 2. The fraction of sp³-hybridized carbons (Fsp3) is 0.524. The minimum atomic E-state index is 0.0715. The van der Waals surface area contributed by atoms with Crippen LogP contribution in [0, 0.1) is 5.92 Å². The number of benzene rings is 1. The first-order valence-corrected chi connectivity index (χ1v) is 9.83. The number of amides is 1. The van der Waals surface area contributed by atoms with E-state index in [-0.39, 0.29) is 5.91 Å². The lowest BCUT2D eigenvalue weighted by Gasteiger charge is -2.51. The van der Waals surface area contributed by atoms with E-state index < -0.39 is 0 Å². The normalized spacial score (nSPS) is 31.8. The molecule has 142 valence electrons. The average Bonchev–Trinajstić information content (AvgIpc) is 3.34. The molecule has 2 aromatic rings. The largest absolute Gasteiger partial charge is 0.497 e. The summed E-state index contributed by atoms with van der Waals surface area (Å²) in [6, 6.07) is 9.10. The Bertz CT molecular complexity index is 838. The lowest BCUT2D eigenvalue weighted by molar-refractivity contribution is -0.00387. The van der Waals surface area contributed by atoms with Gasteiger partial charge in [0.05, 0.1) is 13.2 Å². The van der Waals surface area contributed by atoms with Crippen LogP contribution in [0.1, 0.15) is 34.9 Å². The number of aryl methyl sites for hydroxylation is 1. The minimum absolute atomic E-state index is 0.0715. The Kier molecular flexibility index (Phi) is 3.97. The molecule has 6 nitrogen and oxygen atoms in total. The molecular weight excluding hydrogens is 340 g/mol. The zero-order valence-corrected chi connectivity index (χ0v) is 15.9. The molecule has 1 amide bonds. The summed E-state index contributed by atoms with van der Waals surface area (Å²) in [5.41, 5.74) is 1.30. The number of aromatic nitrogens is 2. The molecular formula is C21H26N4O2. The van der Waals surface area contributed by atoms with Crippen molar-refractivity contribution in [1.29, 1.82) is 0 Å². The zero-order chi connectivity index (χ0) is 18.5.